The molecule has 1 nitrogen and oxygen atoms in total. The van der Waals surface area contributed by atoms with Gasteiger partial charge in [-0.15, -0.1) is 11.6 Å². The molecule has 0 aromatic carbocycles. The first-order valence-electron chi connectivity index (χ1n) is 10.6. The van der Waals surface area contributed by atoms with E-state index in [0.717, 1.165) is 19.1 Å². The fraction of sp³-hybridized carbons (Fsp3) is 1.00. The lowest BCUT2D eigenvalue weighted by atomic mass is 10.0. The fourth-order valence-electron chi connectivity index (χ4n) is 2.95. The Morgan fingerprint density at radius 3 is 1.22 bits per heavy atom. The molecule has 0 N–H and O–H groups in total. The first kappa shape index (κ1) is 23.2. The Bertz CT molecular complexity index is 176. The Hall–Kier alpha value is 0.250. The summed E-state index contributed by atoms with van der Waals surface area (Å²) in [5, 5.41) is 0. The van der Waals surface area contributed by atoms with E-state index < -0.39 is 0 Å². The van der Waals surface area contributed by atoms with Crippen molar-refractivity contribution in [1.29, 1.82) is 0 Å². The molecule has 0 aromatic rings. The van der Waals surface area contributed by atoms with Crippen molar-refractivity contribution in [2.24, 2.45) is 0 Å². The molecule has 0 fully saturated rings. The summed E-state index contributed by atoms with van der Waals surface area (Å²) < 4.78 is 5.59. The Morgan fingerprint density at radius 1 is 0.478 bits per heavy atom. The zero-order valence-corrected chi connectivity index (χ0v) is 16.7. The van der Waals surface area contributed by atoms with Crippen molar-refractivity contribution in [3.05, 3.63) is 0 Å². The highest BCUT2D eigenvalue weighted by Gasteiger charge is 1.95. The molecular formula is C21H43ClO. The van der Waals surface area contributed by atoms with Gasteiger partial charge in [-0.3, -0.25) is 0 Å². The number of hydrogen-bond acceptors (Lipinski definition) is 1. The van der Waals surface area contributed by atoms with Crippen molar-refractivity contribution in [3.63, 3.8) is 0 Å². The average Bonchev–Trinajstić information content (AvgIpc) is 2.57. The number of halogens is 1. The number of rotatable bonds is 20. The van der Waals surface area contributed by atoms with Crippen LogP contribution in [0.5, 0.6) is 0 Å². The van der Waals surface area contributed by atoms with Crippen LogP contribution in [0.25, 0.3) is 0 Å². The highest BCUT2D eigenvalue weighted by atomic mass is 35.5. The van der Waals surface area contributed by atoms with Crippen LogP contribution in [0.4, 0.5) is 0 Å². The number of hydrogen-bond donors (Lipinski definition) is 0. The Balaban J connectivity index is 2.92. The molecule has 0 radical (unpaired) electrons. The standard InChI is InChI=1S/C21H43ClO/c1-2-3-20-23-21-18-16-14-12-10-8-6-4-5-7-9-11-13-15-17-19-22/h2-21H2,1H3. The second kappa shape index (κ2) is 22.2. The van der Waals surface area contributed by atoms with Gasteiger partial charge in [0.15, 0.2) is 0 Å². The van der Waals surface area contributed by atoms with Gasteiger partial charge < -0.3 is 4.74 Å². The van der Waals surface area contributed by atoms with E-state index in [0.29, 0.717) is 0 Å². The van der Waals surface area contributed by atoms with Gasteiger partial charge in [0.05, 0.1) is 0 Å². The molecule has 0 aliphatic rings. The monoisotopic (exact) mass is 346 g/mol. The second-order valence-electron chi connectivity index (χ2n) is 6.96. The van der Waals surface area contributed by atoms with E-state index in [9.17, 15) is 0 Å². The normalized spacial score (nSPS) is 11.2. The maximum Gasteiger partial charge on any atom is 0.0466 e. The third-order valence-corrected chi connectivity index (χ3v) is 4.83. The summed E-state index contributed by atoms with van der Waals surface area (Å²) in [6.45, 7) is 4.16. The number of unbranched alkanes of at least 4 members (excludes halogenated alkanes) is 15. The predicted octanol–water partition coefficient (Wildman–Crippen LogP) is 7.89. The summed E-state index contributed by atoms with van der Waals surface area (Å²) >= 11 is 5.68. The van der Waals surface area contributed by atoms with Gasteiger partial charge in [-0.05, 0) is 19.3 Å². The summed E-state index contributed by atoms with van der Waals surface area (Å²) in [5.74, 6) is 0.840. The molecule has 0 aliphatic heterocycles. The van der Waals surface area contributed by atoms with E-state index >= 15 is 0 Å². The van der Waals surface area contributed by atoms with Crippen molar-refractivity contribution >= 4 is 11.6 Å². The Kier molecular flexibility index (Phi) is 22.5. The minimum Gasteiger partial charge on any atom is -0.381 e. The zero-order valence-electron chi connectivity index (χ0n) is 15.9. The van der Waals surface area contributed by atoms with Gasteiger partial charge in [0, 0.05) is 19.1 Å². The SMILES string of the molecule is CCCCOCCCCCCCCCCCCCCCCCCl. The molecule has 0 bridgehead atoms. The Morgan fingerprint density at radius 2 is 0.826 bits per heavy atom. The molecule has 140 valence electrons. The van der Waals surface area contributed by atoms with Crippen LogP contribution in [0, 0.1) is 0 Å². The van der Waals surface area contributed by atoms with Crippen LogP contribution in [-0.4, -0.2) is 19.1 Å². The van der Waals surface area contributed by atoms with Crippen LogP contribution < -0.4 is 0 Å². The average molecular weight is 347 g/mol. The lowest BCUT2D eigenvalue weighted by molar-refractivity contribution is 0.127. The maximum absolute atomic E-state index is 5.68. The highest BCUT2D eigenvalue weighted by molar-refractivity contribution is 6.17. The van der Waals surface area contributed by atoms with Crippen LogP contribution in [0.1, 0.15) is 116 Å². The molecule has 0 aliphatic carbocycles. The third-order valence-electron chi connectivity index (χ3n) is 4.56. The molecule has 0 rings (SSSR count). The molecule has 0 atom stereocenters. The molecule has 23 heavy (non-hydrogen) atoms. The second-order valence-corrected chi connectivity index (χ2v) is 7.34. The molecule has 0 saturated heterocycles. The lowest BCUT2D eigenvalue weighted by Crippen LogP contribution is -1.96. The molecule has 2 heteroatoms. The van der Waals surface area contributed by atoms with Crippen LogP contribution in [0.3, 0.4) is 0 Å². The summed E-state index contributed by atoms with van der Waals surface area (Å²) in [5.41, 5.74) is 0. The molecule has 0 unspecified atom stereocenters. The predicted molar refractivity (Wildman–Crippen MR) is 106 cm³/mol. The summed E-state index contributed by atoms with van der Waals surface area (Å²) in [7, 11) is 0. The summed E-state index contributed by atoms with van der Waals surface area (Å²) in [6.07, 6.45) is 23.3. The summed E-state index contributed by atoms with van der Waals surface area (Å²) in [4.78, 5) is 0. The first-order chi connectivity index (χ1) is 11.4. The molecule has 0 aromatic heterocycles. The van der Waals surface area contributed by atoms with Crippen molar-refractivity contribution in [2.45, 2.75) is 116 Å². The summed E-state index contributed by atoms with van der Waals surface area (Å²) in [6, 6.07) is 0. The minimum atomic E-state index is 0.840. The smallest absolute Gasteiger partial charge is 0.0466 e. The van der Waals surface area contributed by atoms with Crippen molar-refractivity contribution in [3.8, 4) is 0 Å². The molecular weight excluding hydrogens is 304 g/mol. The topological polar surface area (TPSA) is 9.23 Å². The first-order valence-corrected chi connectivity index (χ1v) is 11.1. The number of alkyl halides is 1. The van der Waals surface area contributed by atoms with Gasteiger partial charge in [0.2, 0.25) is 0 Å². The van der Waals surface area contributed by atoms with Crippen LogP contribution >= 0.6 is 11.6 Å². The van der Waals surface area contributed by atoms with E-state index in [1.54, 1.807) is 0 Å². The van der Waals surface area contributed by atoms with E-state index in [1.165, 1.54) is 109 Å². The van der Waals surface area contributed by atoms with Gasteiger partial charge >= 0.3 is 0 Å². The van der Waals surface area contributed by atoms with E-state index in [1.807, 2.05) is 0 Å². The molecule has 0 spiro atoms. The molecule has 0 amide bonds. The van der Waals surface area contributed by atoms with Gasteiger partial charge in [-0.25, -0.2) is 0 Å². The van der Waals surface area contributed by atoms with E-state index in [4.69, 9.17) is 16.3 Å². The highest BCUT2D eigenvalue weighted by Crippen LogP contribution is 2.13. The Labute approximate surface area is 151 Å². The van der Waals surface area contributed by atoms with Gasteiger partial charge in [-0.1, -0.05) is 96.8 Å². The van der Waals surface area contributed by atoms with Crippen molar-refractivity contribution in [1.82, 2.24) is 0 Å². The van der Waals surface area contributed by atoms with Gasteiger partial charge in [0.1, 0.15) is 0 Å². The van der Waals surface area contributed by atoms with Crippen LogP contribution in [0.2, 0.25) is 0 Å². The quantitative estimate of drug-likeness (QED) is 0.161. The zero-order chi connectivity index (χ0) is 16.8. The fourth-order valence-corrected chi connectivity index (χ4v) is 3.13. The van der Waals surface area contributed by atoms with Crippen LogP contribution in [0.15, 0.2) is 0 Å². The largest absolute Gasteiger partial charge is 0.381 e. The molecule has 0 heterocycles. The van der Waals surface area contributed by atoms with Crippen molar-refractivity contribution < 1.29 is 4.74 Å². The third kappa shape index (κ3) is 22.2. The minimum absolute atomic E-state index is 0.840. The maximum atomic E-state index is 5.68. The van der Waals surface area contributed by atoms with E-state index in [2.05, 4.69) is 6.92 Å². The number of ether oxygens (including phenoxy) is 1. The van der Waals surface area contributed by atoms with Gasteiger partial charge in [-0.2, -0.15) is 0 Å². The molecule has 0 saturated carbocycles. The van der Waals surface area contributed by atoms with E-state index in [-0.39, 0.29) is 0 Å². The lowest BCUT2D eigenvalue weighted by Gasteiger charge is -2.04. The van der Waals surface area contributed by atoms with Gasteiger partial charge in [0.25, 0.3) is 0 Å². The van der Waals surface area contributed by atoms with Crippen LogP contribution in [-0.2, 0) is 4.74 Å². The van der Waals surface area contributed by atoms with Crippen molar-refractivity contribution in [2.75, 3.05) is 19.1 Å².